The van der Waals surface area contributed by atoms with Gasteiger partial charge in [0.1, 0.15) is 12.1 Å². The molecule has 3 aromatic rings. The topological polar surface area (TPSA) is 73.1 Å². The molecule has 170 valence electrons. The summed E-state index contributed by atoms with van der Waals surface area (Å²) in [5.41, 5.74) is 4.26. The number of fused-ring (bicyclic) bond motifs is 1. The van der Waals surface area contributed by atoms with Crippen molar-refractivity contribution in [1.82, 2.24) is 4.98 Å². The summed E-state index contributed by atoms with van der Waals surface area (Å²) in [6, 6.07) is 15.6. The molecule has 6 heteroatoms. The van der Waals surface area contributed by atoms with E-state index in [9.17, 15) is 5.26 Å². The highest BCUT2D eigenvalue weighted by Gasteiger charge is 2.18. The molecule has 3 rings (SSSR count). The smallest absolute Gasteiger partial charge is 0.113 e. The van der Waals surface area contributed by atoms with Gasteiger partial charge in [0.2, 0.25) is 0 Å². The number of nitrogens with zero attached hydrogens (tertiary/aromatic N) is 3. The maximum absolute atomic E-state index is 9.80. The van der Waals surface area contributed by atoms with Gasteiger partial charge in [-0.15, -0.1) is 6.42 Å². The van der Waals surface area contributed by atoms with E-state index >= 15 is 0 Å². The second-order valence-electron chi connectivity index (χ2n) is 7.61. The van der Waals surface area contributed by atoms with Crippen LogP contribution in [0.1, 0.15) is 30.5 Å². The van der Waals surface area contributed by atoms with Crippen molar-refractivity contribution in [1.29, 1.82) is 5.26 Å². The number of benzene rings is 2. The number of pyridine rings is 1. The van der Waals surface area contributed by atoms with Crippen molar-refractivity contribution in [3.05, 3.63) is 89.1 Å². The lowest BCUT2D eigenvalue weighted by atomic mass is 10.0. The van der Waals surface area contributed by atoms with Gasteiger partial charge in [0, 0.05) is 30.5 Å². The zero-order chi connectivity index (χ0) is 24.5. The largest absolute Gasteiger partial charge is 0.377 e. The van der Waals surface area contributed by atoms with Crippen LogP contribution in [0.25, 0.3) is 10.9 Å². The van der Waals surface area contributed by atoms with Crippen LogP contribution in [0.5, 0.6) is 0 Å². The Kier molecular flexibility index (Phi) is 8.46. The second-order valence-corrected chi connectivity index (χ2v) is 8.02. The standard InChI is InChI=1S/C28H26ClN5/c1-5-25(19(3)11-10-14-31-4)33-22-15-23-27(21(17-30)18-32-28(23)24(29)16-22)34-26(6-2)20-12-8-7-9-13-20/h1,7-16,18,25-26,33H,3,6H2,2,4H3,(H,32,34)/b11-10-,31-14?/t25-,26-/m1/s1. The van der Waals surface area contributed by atoms with E-state index in [0.29, 0.717) is 33.1 Å². The molecule has 5 nitrogen and oxygen atoms in total. The second kappa shape index (κ2) is 11.7. The molecule has 0 saturated carbocycles. The van der Waals surface area contributed by atoms with Crippen LogP contribution in [0.2, 0.25) is 5.02 Å². The minimum Gasteiger partial charge on any atom is -0.377 e. The summed E-state index contributed by atoms with van der Waals surface area (Å²) in [5.74, 6) is 2.71. The number of anilines is 2. The first-order chi connectivity index (χ1) is 16.5. The highest BCUT2D eigenvalue weighted by molar-refractivity contribution is 6.35. The molecule has 0 aliphatic carbocycles. The fraction of sp³-hybridized carbons (Fsp3) is 0.179. The summed E-state index contributed by atoms with van der Waals surface area (Å²) in [4.78, 5) is 8.36. The fourth-order valence-corrected chi connectivity index (χ4v) is 3.89. The predicted molar refractivity (Wildman–Crippen MR) is 144 cm³/mol. The number of allylic oxidation sites excluding steroid dienone is 1. The van der Waals surface area contributed by atoms with E-state index in [-0.39, 0.29) is 6.04 Å². The molecule has 0 fully saturated rings. The average Bonchev–Trinajstić information content (AvgIpc) is 2.86. The molecule has 0 amide bonds. The molecular weight excluding hydrogens is 442 g/mol. The summed E-state index contributed by atoms with van der Waals surface area (Å²) in [5, 5.41) is 17.8. The minimum absolute atomic E-state index is 0.0119. The van der Waals surface area contributed by atoms with Crippen LogP contribution in [0, 0.1) is 23.7 Å². The minimum atomic E-state index is -0.453. The Morgan fingerprint density at radius 1 is 1.29 bits per heavy atom. The van der Waals surface area contributed by atoms with Crippen LogP contribution in [0.3, 0.4) is 0 Å². The first-order valence-corrected chi connectivity index (χ1v) is 11.2. The summed E-state index contributed by atoms with van der Waals surface area (Å²) in [7, 11) is 1.69. The lowest BCUT2D eigenvalue weighted by Crippen LogP contribution is -2.18. The average molecular weight is 468 g/mol. The van der Waals surface area contributed by atoms with E-state index in [2.05, 4.69) is 58.2 Å². The van der Waals surface area contributed by atoms with Gasteiger partial charge in [-0.05, 0) is 35.8 Å². The van der Waals surface area contributed by atoms with Crippen LogP contribution >= 0.6 is 11.6 Å². The van der Waals surface area contributed by atoms with E-state index in [4.69, 9.17) is 18.0 Å². The Morgan fingerprint density at radius 2 is 2.06 bits per heavy atom. The molecule has 0 unspecified atom stereocenters. The quantitative estimate of drug-likeness (QED) is 0.212. The van der Waals surface area contributed by atoms with Crippen LogP contribution < -0.4 is 10.6 Å². The van der Waals surface area contributed by atoms with Gasteiger partial charge in [-0.3, -0.25) is 9.98 Å². The summed E-state index contributed by atoms with van der Waals surface area (Å²) < 4.78 is 0. The van der Waals surface area contributed by atoms with Crippen molar-refractivity contribution >= 4 is 40.1 Å². The number of nitrogens with one attached hydrogen (secondary N) is 2. The van der Waals surface area contributed by atoms with Crippen LogP contribution in [-0.4, -0.2) is 24.3 Å². The number of nitriles is 1. The van der Waals surface area contributed by atoms with Crippen LogP contribution in [0.15, 0.2) is 78.0 Å². The maximum Gasteiger partial charge on any atom is 0.113 e. The number of hydrogen-bond acceptors (Lipinski definition) is 5. The van der Waals surface area contributed by atoms with Crippen molar-refractivity contribution in [2.75, 3.05) is 17.7 Å². The van der Waals surface area contributed by atoms with Gasteiger partial charge in [-0.2, -0.15) is 5.26 Å². The first kappa shape index (κ1) is 24.6. The van der Waals surface area contributed by atoms with E-state index in [1.165, 1.54) is 0 Å². The highest BCUT2D eigenvalue weighted by atomic mass is 35.5. The van der Waals surface area contributed by atoms with Crippen molar-refractivity contribution in [3.63, 3.8) is 0 Å². The molecule has 0 bridgehead atoms. The Balaban J connectivity index is 2.05. The molecule has 0 spiro atoms. The lowest BCUT2D eigenvalue weighted by Gasteiger charge is -2.22. The van der Waals surface area contributed by atoms with Crippen LogP contribution in [-0.2, 0) is 0 Å². The van der Waals surface area contributed by atoms with Crippen molar-refractivity contribution in [3.8, 4) is 18.4 Å². The van der Waals surface area contributed by atoms with E-state index in [0.717, 1.165) is 17.4 Å². The molecule has 0 saturated heterocycles. The number of rotatable bonds is 9. The van der Waals surface area contributed by atoms with E-state index in [1.54, 1.807) is 37.7 Å². The predicted octanol–water partition coefficient (Wildman–Crippen LogP) is 6.55. The zero-order valence-electron chi connectivity index (χ0n) is 19.2. The van der Waals surface area contributed by atoms with Gasteiger partial charge >= 0.3 is 0 Å². The Bertz CT molecular complexity index is 1310. The molecule has 0 radical (unpaired) electrons. The monoisotopic (exact) mass is 467 g/mol. The van der Waals surface area contributed by atoms with Gasteiger partial charge < -0.3 is 10.6 Å². The summed E-state index contributed by atoms with van der Waals surface area (Å²) in [6.45, 7) is 6.15. The molecular formula is C28H26ClN5. The number of terminal acetylenes is 1. The normalized spacial score (nSPS) is 12.9. The number of hydrogen-bond donors (Lipinski definition) is 2. The van der Waals surface area contributed by atoms with Gasteiger partial charge in [-0.1, -0.05) is 67.4 Å². The summed E-state index contributed by atoms with van der Waals surface area (Å²) >= 11 is 6.61. The van der Waals surface area contributed by atoms with Crippen molar-refractivity contribution < 1.29 is 0 Å². The molecule has 2 N–H and O–H groups in total. The molecule has 1 aromatic heterocycles. The van der Waals surface area contributed by atoms with Crippen LogP contribution in [0.4, 0.5) is 11.4 Å². The lowest BCUT2D eigenvalue weighted by molar-refractivity contribution is 0.750. The SMILES string of the molecule is C#C[C@@H](Nc1cc(Cl)c2ncc(C#N)c(N[C@H](CC)c3ccccc3)c2c1)C(=C)/C=C\C=NC. The van der Waals surface area contributed by atoms with Crippen molar-refractivity contribution in [2.45, 2.75) is 25.4 Å². The number of aliphatic imine (C=N–C) groups is 1. The molecule has 0 aliphatic rings. The molecule has 0 aliphatic heterocycles. The Morgan fingerprint density at radius 3 is 2.71 bits per heavy atom. The summed E-state index contributed by atoms with van der Waals surface area (Å²) in [6.07, 6.45) is 13.4. The molecule has 34 heavy (non-hydrogen) atoms. The molecule has 2 atom stereocenters. The number of halogens is 1. The third-order valence-corrected chi connectivity index (χ3v) is 5.66. The van der Waals surface area contributed by atoms with Gasteiger partial charge in [0.15, 0.2) is 0 Å². The zero-order valence-corrected chi connectivity index (χ0v) is 20.0. The first-order valence-electron chi connectivity index (χ1n) is 10.9. The molecule has 1 heterocycles. The van der Waals surface area contributed by atoms with Gasteiger partial charge in [0.05, 0.1) is 27.8 Å². The Labute approximate surface area is 205 Å². The van der Waals surface area contributed by atoms with Gasteiger partial charge in [-0.25, -0.2) is 0 Å². The number of aromatic nitrogens is 1. The third-order valence-electron chi connectivity index (χ3n) is 5.37. The Hall–Kier alpha value is -4.06. The van der Waals surface area contributed by atoms with E-state index < -0.39 is 6.04 Å². The van der Waals surface area contributed by atoms with Crippen molar-refractivity contribution in [2.24, 2.45) is 4.99 Å². The molecule has 2 aromatic carbocycles. The third kappa shape index (κ3) is 5.64. The highest BCUT2D eigenvalue weighted by Crippen LogP contribution is 2.36. The van der Waals surface area contributed by atoms with Gasteiger partial charge in [0.25, 0.3) is 0 Å². The fourth-order valence-electron chi connectivity index (χ4n) is 3.62. The maximum atomic E-state index is 9.80. The van der Waals surface area contributed by atoms with E-state index in [1.807, 2.05) is 24.3 Å².